The van der Waals surface area contributed by atoms with Crippen molar-refractivity contribution in [3.63, 3.8) is 0 Å². The Labute approximate surface area is 158 Å². The average molecular weight is 369 g/mol. The van der Waals surface area contributed by atoms with Crippen molar-refractivity contribution in [2.24, 2.45) is 5.92 Å². The molecule has 142 valence electrons. The Morgan fingerprint density at radius 2 is 1.67 bits per heavy atom. The highest BCUT2D eigenvalue weighted by Gasteiger charge is 2.23. The minimum absolute atomic E-state index is 0.0820. The number of fused-ring (bicyclic) bond motifs is 1. The number of nitrogens with zero attached hydrogens (tertiary/aromatic N) is 1. The van der Waals surface area contributed by atoms with Gasteiger partial charge >= 0.3 is 6.03 Å². The Bertz CT molecular complexity index is 849. The van der Waals surface area contributed by atoms with Crippen molar-refractivity contribution in [1.29, 1.82) is 0 Å². The zero-order chi connectivity index (χ0) is 19.6. The third-order valence-electron chi connectivity index (χ3n) is 4.94. The highest BCUT2D eigenvalue weighted by atomic mass is 19.1. The molecule has 0 radical (unpaired) electrons. The lowest BCUT2D eigenvalue weighted by Gasteiger charge is -2.18. The minimum Gasteiger partial charge on any atom is -0.349 e. The molecule has 0 saturated heterocycles. The van der Waals surface area contributed by atoms with E-state index in [4.69, 9.17) is 0 Å². The second-order valence-corrected chi connectivity index (χ2v) is 7.28. The molecule has 27 heavy (non-hydrogen) atoms. The van der Waals surface area contributed by atoms with E-state index in [-0.39, 0.29) is 23.8 Å². The van der Waals surface area contributed by atoms with E-state index in [0.717, 1.165) is 11.1 Å². The Morgan fingerprint density at radius 3 is 2.33 bits per heavy atom. The van der Waals surface area contributed by atoms with Crippen LogP contribution in [0.4, 0.5) is 14.9 Å². The van der Waals surface area contributed by atoms with Crippen molar-refractivity contribution in [2.45, 2.75) is 39.9 Å². The van der Waals surface area contributed by atoms with Crippen LogP contribution < -0.4 is 10.6 Å². The summed E-state index contributed by atoms with van der Waals surface area (Å²) >= 11 is 0. The van der Waals surface area contributed by atoms with Gasteiger partial charge in [0.25, 0.3) is 5.91 Å². The third-order valence-corrected chi connectivity index (χ3v) is 4.94. The highest BCUT2D eigenvalue weighted by Crippen LogP contribution is 2.24. The summed E-state index contributed by atoms with van der Waals surface area (Å²) in [6.45, 7) is 6.90. The van der Waals surface area contributed by atoms with E-state index >= 15 is 0 Å². The number of carbonyl (C=O) groups excluding carboxylic acids is 2. The average Bonchev–Trinajstić information content (AvgIpc) is 3.05. The molecule has 2 aromatic rings. The molecule has 0 spiro atoms. The van der Waals surface area contributed by atoms with Crippen LogP contribution in [-0.4, -0.2) is 22.9 Å². The summed E-state index contributed by atoms with van der Waals surface area (Å²) in [6.07, 6.45) is 0. The quantitative estimate of drug-likeness (QED) is 0.851. The Kier molecular flexibility index (Phi) is 5.44. The van der Waals surface area contributed by atoms with Crippen LogP contribution in [0.15, 0.2) is 42.5 Å². The number of hydrogen-bond donors (Lipinski definition) is 2. The molecular formula is C21H24FN3O2. The predicted octanol–water partition coefficient (Wildman–Crippen LogP) is 4.15. The van der Waals surface area contributed by atoms with Crippen molar-refractivity contribution in [2.75, 3.05) is 5.32 Å². The number of nitrogens with one attached hydrogen (secondary N) is 2. The van der Waals surface area contributed by atoms with Crippen LogP contribution in [0.3, 0.4) is 0 Å². The first kappa shape index (κ1) is 18.9. The molecule has 0 saturated carbocycles. The first-order chi connectivity index (χ1) is 12.8. The molecule has 1 aliphatic heterocycles. The maximum absolute atomic E-state index is 13.3. The van der Waals surface area contributed by atoms with Crippen LogP contribution in [0.25, 0.3) is 0 Å². The van der Waals surface area contributed by atoms with Crippen LogP contribution in [0.2, 0.25) is 0 Å². The van der Waals surface area contributed by atoms with Gasteiger partial charge in [-0.2, -0.15) is 0 Å². The number of halogens is 1. The van der Waals surface area contributed by atoms with Crippen LogP contribution in [0, 0.1) is 11.7 Å². The molecule has 0 unspecified atom stereocenters. The fraction of sp³-hybridized carbons (Fsp3) is 0.333. The lowest BCUT2D eigenvalue weighted by Crippen LogP contribution is -2.36. The van der Waals surface area contributed by atoms with Gasteiger partial charge in [0.05, 0.1) is 0 Å². The Balaban J connectivity index is 1.59. The van der Waals surface area contributed by atoms with Gasteiger partial charge < -0.3 is 15.5 Å². The topological polar surface area (TPSA) is 61.4 Å². The summed E-state index contributed by atoms with van der Waals surface area (Å²) in [5.74, 6) is -0.0756. The normalized spacial score (nSPS) is 14.0. The number of benzene rings is 2. The SMILES string of the molecule is CC(C)[C@@H](C)NC(=O)c1ccc(NC(=O)N2Cc3ccc(F)cc3C2)cc1. The van der Waals surface area contributed by atoms with Gasteiger partial charge in [-0.25, -0.2) is 9.18 Å². The van der Waals surface area contributed by atoms with Crippen molar-refractivity contribution < 1.29 is 14.0 Å². The van der Waals surface area contributed by atoms with E-state index in [1.54, 1.807) is 35.2 Å². The summed E-state index contributed by atoms with van der Waals surface area (Å²) in [6, 6.07) is 11.2. The lowest BCUT2D eigenvalue weighted by atomic mass is 10.1. The molecule has 0 bridgehead atoms. The van der Waals surface area contributed by atoms with Crippen molar-refractivity contribution in [1.82, 2.24) is 10.2 Å². The summed E-state index contributed by atoms with van der Waals surface area (Å²) in [5.41, 5.74) is 2.94. The lowest BCUT2D eigenvalue weighted by molar-refractivity contribution is 0.0930. The largest absolute Gasteiger partial charge is 0.349 e. The smallest absolute Gasteiger partial charge is 0.322 e. The summed E-state index contributed by atoms with van der Waals surface area (Å²) in [5, 5.41) is 5.77. The summed E-state index contributed by atoms with van der Waals surface area (Å²) < 4.78 is 13.3. The maximum Gasteiger partial charge on any atom is 0.322 e. The monoisotopic (exact) mass is 369 g/mol. The number of rotatable bonds is 4. The molecule has 1 aliphatic rings. The van der Waals surface area contributed by atoms with Crippen LogP contribution in [0.1, 0.15) is 42.3 Å². The number of anilines is 1. The van der Waals surface area contributed by atoms with Gasteiger partial charge in [0, 0.05) is 30.4 Å². The first-order valence-corrected chi connectivity index (χ1v) is 9.07. The van der Waals surface area contributed by atoms with Crippen LogP contribution in [-0.2, 0) is 13.1 Å². The van der Waals surface area contributed by atoms with Gasteiger partial charge in [-0.15, -0.1) is 0 Å². The van der Waals surface area contributed by atoms with Crippen molar-refractivity contribution in [3.05, 3.63) is 65.0 Å². The van der Waals surface area contributed by atoms with E-state index < -0.39 is 0 Å². The van der Waals surface area contributed by atoms with Gasteiger partial charge in [0.1, 0.15) is 5.82 Å². The minimum atomic E-state index is -0.295. The first-order valence-electron chi connectivity index (χ1n) is 9.07. The standard InChI is InChI=1S/C21H24FN3O2/c1-13(2)14(3)23-20(26)15-5-8-19(9-6-15)24-21(27)25-11-16-4-7-18(22)10-17(16)12-25/h4-10,13-14H,11-12H2,1-3H3,(H,23,26)(H,24,27)/t14-/m1/s1. The third kappa shape index (κ3) is 4.45. The summed E-state index contributed by atoms with van der Waals surface area (Å²) in [4.78, 5) is 26.3. The van der Waals surface area contributed by atoms with E-state index in [9.17, 15) is 14.0 Å². The molecule has 1 heterocycles. The Morgan fingerprint density at radius 1 is 1.00 bits per heavy atom. The molecule has 0 fully saturated rings. The number of urea groups is 1. The fourth-order valence-corrected chi connectivity index (χ4v) is 2.87. The van der Waals surface area contributed by atoms with E-state index in [1.165, 1.54) is 12.1 Å². The van der Waals surface area contributed by atoms with Gasteiger partial charge in [-0.1, -0.05) is 19.9 Å². The molecule has 3 rings (SSSR count). The second kappa shape index (κ2) is 7.78. The fourth-order valence-electron chi connectivity index (χ4n) is 2.87. The van der Waals surface area contributed by atoms with Crippen molar-refractivity contribution >= 4 is 17.6 Å². The highest BCUT2D eigenvalue weighted by molar-refractivity contribution is 5.95. The zero-order valence-electron chi connectivity index (χ0n) is 15.8. The number of amides is 3. The molecule has 6 heteroatoms. The van der Waals surface area contributed by atoms with Gasteiger partial charge in [0.2, 0.25) is 0 Å². The number of carbonyl (C=O) groups is 2. The maximum atomic E-state index is 13.3. The van der Waals surface area contributed by atoms with E-state index in [2.05, 4.69) is 24.5 Å². The second-order valence-electron chi connectivity index (χ2n) is 7.28. The number of hydrogen-bond acceptors (Lipinski definition) is 2. The molecule has 3 amide bonds. The summed E-state index contributed by atoms with van der Waals surface area (Å²) in [7, 11) is 0. The molecule has 1 atom stereocenters. The van der Waals surface area contributed by atoms with Gasteiger partial charge in [-0.3, -0.25) is 4.79 Å². The molecule has 0 aromatic heterocycles. The zero-order valence-corrected chi connectivity index (χ0v) is 15.8. The molecule has 5 nitrogen and oxygen atoms in total. The van der Waals surface area contributed by atoms with Crippen molar-refractivity contribution in [3.8, 4) is 0 Å². The van der Waals surface area contributed by atoms with E-state index in [1.807, 2.05) is 6.92 Å². The van der Waals surface area contributed by atoms with Crippen LogP contribution in [0.5, 0.6) is 0 Å². The van der Waals surface area contributed by atoms with Gasteiger partial charge in [0.15, 0.2) is 0 Å². The van der Waals surface area contributed by atoms with Crippen LogP contribution >= 0.6 is 0 Å². The molecule has 0 aliphatic carbocycles. The van der Waals surface area contributed by atoms with E-state index in [0.29, 0.717) is 30.3 Å². The molecular weight excluding hydrogens is 345 g/mol. The molecule has 2 N–H and O–H groups in total. The predicted molar refractivity (Wildman–Crippen MR) is 103 cm³/mol. The van der Waals surface area contributed by atoms with Gasteiger partial charge in [-0.05, 0) is 60.4 Å². The Hall–Kier alpha value is -2.89. The molecule has 2 aromatic carbocycles.